The van der Waals surface area contributed by atoms with E-state index in [0.29, 0.717) is 38.0 Å². The first-order valence-electron chi connectivity index (χ1n) is 8.68. The molecule has 1 saturated heterocycles. The minimum absolute atomic E-state index is 0.0774. The second kappa shape index (κ2) is 7.85. The van der Waals surface area contributed by atoms with Gasteiger partial charge in [0.05, 0.1) is 4.90 Å². The van der Waals surface area contributed by atoms with E-state index in [-0.39, 0.29) is 22.5 Å². The number of nitrogens with two attached hydrogens (primary N) is 1. The van der Waals surface area contributed by atoms with Gasteiger partial charge in [-0.2, -0.15) is 4.31 Å². The molecule has 0 aliphatic carbocycles. The van der Waals surface area contributed by atoms with Crippen molar-refractivity contribution in [1.82, 2.24) is 9.62 Å². The second-order valence-corrected chi connectivity index (χ2v) is 9.40. The Morgan fingerprint density at radius 2 is 1.73 bits per heavy atom. The summed E-state index contributed by atoms with van der Waals surface area (Å²) in [5.41, 5.74) is 5.86. The number of carbonyl (C=O) groups is 2. The predicted octanol–water partition coefficient (Wildman–Crippen LogP) is 1.14. The monoisotopic (exact) mass is 381 g/mol. The van der Waals surface area contributed by atoms with Crippen LogP contribution < -0.4 is 11.1 Å². The van der Waals surface area contributed by atoms with Gasteiger partial charge < -0.3 is 11.1 Å². The van der Waals surface area contributed by atoms with Crippen LogP contribution >= 0.6 is 0 Å². The third-order valence-corrected chi connectivity index (χ3v) is 6.35. The van der Waals surface area contributed by atoms with Crippen molar-refractivity contribution in [2.24, 2.45) is 11.7 Å². The van der Waals surface area contributed by atoms with Crippen LogP contribution in [0.25, 0.3) is 0 Å². The van der Waals surface area contributed by atoms with Crippen LogP contribution in [0.4, 0.5) is 0 Å². The van der Waals surface area contributed by atoms with Crippen LogP contribution in [0.3, 0.4) is 0 Å². The summed E-state index contributed by atoms with van der Waals surface area (Å²) in [6, 6.07) is 5.94. The molecule has 0 aromatic heterocycles. The van der Waals surface area contributed by atoms with E-state index in [1.54, 1.807) is 0 Å². The van der Waals surface area contributed by atoms with E-state index in [0.717, 1.165) is 0 Å². The Balaban J connectivity index is 1.97. The number of ketones is 1. The predicted molar refractivity (Wildman–Crippen MR) is 99.2 cm³/mol. The van der Waals surface area contributed by atoms with E-state index in [4.69, 9.17) is 5.73 Å². The number of amides is 1. The third-order valence-electron chi connectivity index (χ3n) is 4.44. The molecule has 1 aromatic rings. The van der Waals surface area contributed by atoms with E-state index >= 15 is 0 Å². The first-order valence-corrected chi connectivity index (χ1v) is 10.1. The molecular weight excluding hydrogens is 354 g/mol. The highest BCUT2D eigenvalue weighted by molar-refractivity contribution is 7.89. The van der Waals surface area contributed by atoms with Gasteiger partial charge in [-0.3, -0.25) is 9.59 Å². The summed E-state index contributed by atoms with van der Waals surface area (Å²) < 4.78 is 26.8. The topological polar surface area (TPSA) is 110 Å². The maximum Gasteiger partial charge on any atom is 0.243 e. The average molecular weight is 381 g/mol. The molecule has 0 radical (unpaired) electrons. The molecule has 1 amide bonds. The van der Waals surface area contributed by atoms with Crippen LogP contribution in [0, 0.1) is 5.92 Å². The lowest BCUT2D eigenvalue weighted by molar-refractivity contribution is -0.126. The Kier molecular flexibility index (Phi) is 6.21. The number of benzene rings is 1. The number of rotatable bonds is 6. The lowest BCUT2D eigenvalue weighted by Gasteiger charge is -2.31. The third kappa shape index (κ3) is 5.12. The molecule has 0 unspecified atom stereocenters. The molecule has 0 atom stereocenters. The summed E-state index contributed by atoms with van der Waals surface area (Å²) in [6.45, 7) is 6.07. The van der Waals surface area contributed by atoms with Crippen molar-refractivity contribution in [1.29, 1.82) is 0 Å². The van der Waals surface area contributed by atoms with Gasteiger partial charge in [0.2, 0.25) is 15.9 Å². The Hall–Kier alpha value is -1.77. The summed E-state index contributed by atoms with van der Waals surface area (Å²) in [4.78, 5) is 23.7. The number of hydrogen-bond donors (Lipinski definition) is 2. The quantitative estimate of drug-likeness (QED) is 0.718. The molecule has 1 aliphatic heterocycles. The largest absolute Gasteiger partial charge is 0.354 e. The molecule has 144 valence electrons. The van der Waals surface area contributed by atoms with Crippen molar-refractivity contribution in [2.45, 2.75) is 44.0 Å². The molecule has 1 aliphatic rings. The van der Waals surface area contributed by atoms with Gasteiger partial charge in [0.15, 0.2) is 5.78 Å². The molecule has 0 spiro atoms. The summed E-state index contributed by atoms with van der Waals surface area (Å²) in [6.07, 6.45) is 0.948. The highest BCUT2D eigenvalue weighted by atomic mass is 32.2. The van der Waals surface area contributed by atoms with Gasteiger partial charge in [0.25, 0.3) is 0 Å². The van der Waals surface area contributed by atoms with Gasteiger partial charge in [0, 0.05) is 36.7 Å². The Morgan fingerprint density at radius 3 is 2.19 bits per heavy atom. The molecule has 7 nitrogen and oxygen atoms in total. The van der Waals surface area contributed by atoms with Gasteiger partial charge in [-0.1, -0.05) is 12.1 Å². The molecule has 3 N–H and O–H groups in total. The lowest BCUT2D eigenvalue weighted by Crippen LogP contribution is -2.48. The van der Waals surface area contributed by atoms with Crippen molar-refractivity contribution >= 4 is 21.7 Å². The lowest BCUT2D eigenvalue weighted by atomic mass is 9.96. The number of carbonyl (C=O) groups excluding carboxylic acids is 2. The molecule has 1 aromatic carbocycles. The van der Waals surface area contributed by atoms with Crippen LogP contribution in [0.5, 0.6) is 0 Å². The fourth-order valence-electron chi connectivity index (χ4n) is 2.83. The van der Waals surface area contributed by atoms with Gasteiger partial charge in [0.1, 0.15) is 0 Å². The summed E-state index contributed by atoms with van der Waals surface area (Å²) in [7, 11) is -3.62. The molecular formula is C18H27N3O4S. The van der Waals surface area contributed by atoms with Crippen LogP contribution in [0.2, 0.25) is 0 Å². The molecule has 1 fully saturated rings. The van der Waals surface area contributed by atoms with Crippen LogP contribution in [0.1, 0.15) is 44.0 Å². The van der Waals surface area contributed by atoms with Crippen molar-refractivity contribution in [3.05, 3.63) is 29.8 Å². The summed E-state index contributed by atoms with van der Waals surface area (Å²) in [5.74, 6) is -0.392. The summed E-state index contributed by atoms with van der Waals surface area (Å²) >= 11 is 0. The fourth-order valence-corrected chi connectivity index (χ4v) is 4.30. The zero-order valence-corrected chi connectivity index (χ0v) is 16.3. The molecule has 26 heavy (non-hydrogen) atoms. The minimum Gasteiger partial charge on any atom is -0.354 e. The zero-order chi connectivity index (χ0) is 19.5. The Labute approximate surface area is 155 Å². The SMILES string of the molecule is CC(=O)c1ccc(S(=O)(=O)N2CCC(C(=O)NCC(C)(C)N)CC2)cc1. The maximum atomic E-state index is 12.7. The highest BCUT2D eigenvalue weighted by Gasteiger charge is 2.32. The second-order valence-electron chi connectivity index (χ2n) is 7.47. The van der Waals surface area contributed by atoms with Gasteiger partial charge in [-0.15, -0.1) is 0 Å². The van der Waals surface area contributed by atoms with E-state index in [1.807, 2.05) is 13.8 Å². The van der Waals surface area contributed by atoms with E-state index in [2.05, 4.69) is 5.32 Å². The van der Waals surface area contributed by atoms with Crippen molar-refractivity contribution in [2.75, 3.05) is 19.6 Å². The van der Waals surface area contributed by atoms with E-state index in [9.17, 15) is 18.0 Å². The first-order chi connectivity index (χ1) is 12.0. The number of Topliss-reactive ketones (excluding diaryl/α,β-unsaturated/α-hetero) is 1. The number of piperidine rings is 1. The van der Waals surface area contributed by atoms with Crippen LogP contribution in [0.15, 0.2) is 29.2 Å². The van der Waals surface area contributed by atoms with Gasteiger partial charge >= 0.3 is 0 Å². The molecule has 8 heteroatoms. The fraction of sp³-hybridized carbons (Fsp3) is 0.556. The Morgan fingerprint density at radius 1 is 1.19 bits per heavy atom. The first kappa shape index (κ1) is 20.5. The summed E-state index contributed by atoms with van der Waals surface area (Å²) in [5, 5.41) is 2.83. The zero-order valence-electron chi connectivity index (χ0n) is 15.5. The van der Waals surface area contributed by atoms with E-state index in [1.165, 1.54) is 35.5 Å². The highest BCUT2D eigenvalue weighted by Crippen LogP contribution is 2.24. The molecule has 0 bridgehead atoms. The number of sulfonamides is 1. The Bertz CT molecular complexity index is 759. The normalized spacial score (nSPS) is 17.1. The smallest absolute Gasteiger partial charge is 0.243 e. The average Bonchev–Trinajstić information content (AvgIpc) is 2.59. The number of nitrogens with zero attached hydrogens (tertiary/aromatic N) is 1. The van der Waals surface area contributed by atoms with Crippen LogP contribution in [-0.2, 0) is 14.8 Å². The molecule has 2 rings (SSSR count). The van der Waals surface area contributed by atoms with E-state index < -0.39 is 15.6 Å². The standard InChI is InChI=1S/C18H27N3O4S/c1-13(22)14-4-6-16(7-5-14)26(24,25)21-10-8-15(9-11-21)17(23)20-12-18(2,3)19/h4-7,15H,8-12,19H2,1-3H3,(H,20,23). The van der Waals surface area contributed by atoms with Crippen molar-refractivity contribution in [3.8, 4) is 0 Å². The van der Waals surface area contributed by atoms with Crippen LogP contribution in [-0.4, -0.2) is 49.6 Å². The maximum absolute atomic E-state index is 12.7. The van der Waals surface area contributed by atoms with Crippen molar-refractivity contribution < 1.29 is 18.0 Å². The molecule has 0 saturated carbocycles. The number of nitrogens with one attached hydrogen (secondary N) is 1. The van der Waals surface area contributed by atoms with Gasteiger partial charge in [-0.05, 0) is 45.7 Å². The number of hydrogen-bond acceptors (Lipinski definition) is 5. The van der Waals surface area contributed by atoms with Gasteiger partial charge in [-0.25, -0.2) is 8.42 Å². The minimum atomic E-state index is -3.62. The molecule has 1 heterocycles. The van der Waals surface area contributed by atoms with Crippen molar-refractivity contribution in [3.63, 3.8) is 0 Å².